The Bertz CT molecular complexity index is 597. The maximum absolute atomic E-state index is 13.7. The van der Waals surface area contributed by atoms with Crippen molar-refractivity contribution in [1.29, 1.82) is 0 Å². The van der Waals surface area contributed by atoms with E-state index in [1.807, 2.05) is 11.8 Å². The van der Waals surface area contributed by atoms with Gasteiger partial charge >= 0.3 is 5.97 Å². The molecule has 2 unspecified atom stereocenters. The van der Waals surface area contributed by atoms with Crippen LogP contribution in [0.2, 0.25) is 0 Å². The van der Waals surface area contributed by atoms with Crippen LogP contribution in [-0.2, 0) is 9.59 Å². The number of carbonyl (C=O) groups is 2. The number of anilines is 1. The number of rotatable bonds is 5. The Hall–Kier alpha value is -1.47. The van der Waals surface area contributed by atoms with E-state index in [1.54, 1.807) is 6.07 Å². The molecule has 7 heteroatoms. The van der Waals surface area contributed by atoms with E-state index in [1.165, 1.54) is 12.1 Å². The first-order valence-corrected chi connectivity index (χ1v) is 8.34. The lowest BCUT2D eigenvalue weighted by Gasteiger charge is -2.34. The predicted molar refractivity (Wildman–Crippen MR) is 88.7 cm³/mol. The molecular weight excluding hydrogens is 367 g/mol. The van der Waals surface area contributed by atoms with Gasteiger partial charge in [-0.25, -0.2) is 4.39 Å². The second-order valence-electron chi connectivity index (χ2n) is 6.06. The summed E-state index contributed by atoms with van der Waals surface area (Å²) >= 11 is 3.16. The normalized spacial score (nSPS) is 21.9. The summed E-state index contributed by atoms with van der Waals surface area (Å²) in [6.45, 7) is 3.72. The fraction of sp³-hybridized carbons (Fsp3) is 0.500. The first-order chi connectivity index (χ1) is 10.8. The molecule has 0 radical (unpaired) electrons. The molecule has 1 aliphatic heterocycles. The third-order valence-electron chi connectivity index (χ3n) is 3.94. The van der Waals surface area contributed by atoms with Crippen LogP contribution >= 0.6 is 15.9 Å². The standard InChI is InChI=1S/C16H20BrFN2O3/c1-10-6-11(16(22)23)9-20(8-10)5-4-15(21)19-14-3-2-12(17)7-13(14)18/h2-3,7,10-11H,4-6,8-9H2,1H3,(H,19,21)(H,22,23). The van der Waals surface area contributed by atoms with Crippen LogP contribution in [0.1, 0.15) is 19.8 Å². The molecule has 2 rings (SSSR count). The van der Waals surface area contributed by atoms with Crippen LogP contribution in [0.25, 0.3) is 0 Å². The average Bonchev–Trinajstić information content (AvgIpc) is 2.47. The van der Waals surface area contributed by atoms with Crippen LogP contribution in [0.4, 0.5) is 10.1 Å². The lowest BCUT2D eigenvalue weighted by molar-refractivity contribution is -0.144. The molecule has 1 fully saturated rings. The van der Waals surface area contributed by atoms with Crippen LogP contribution < -0.4 is 5.32 Å². The van der Waals surface area contributed by atoms with Crippen LogP contribution in [0.3, 0.4) is 0 Å². The molecule has 1 heterocycles. The fourth-order valence-corrected chi connectivity index (χ4v) is 3.22. The molecule has 1 amide bonds. The van der Waals surface area contributed by atoms with Crippen LogP contribution in [0, 0.1) is 17.7 Å². The minimum atomic E-state index is -0.789. The Morgan fingerprint density at radius 3 is 2.83 bits per heavy atom. The zero-order valence-electron chi connectivity index (χ0n) is 12.9. The van der Waals surface area contributed by atoms with Gasteiger partial charge in [-0.2, -0.15) is 0 Å². The maximum Gasteiger partial charge on any atom is 0.307 e. The maximum atomic E-state index is 13.7. The van der Waals surface area contributed by atoms with Gasteiger partial charge in [0.15, 0.2) is 0 Å². The number of piperidine rings is 1. The van der Waals surface area contributed by atoms with Crippen molar-refractivity contribution in [1.82, 2.24) is 4.90 Å². The summed E-state index contributed by atoms with van der Waals surface area (Å²) in [6.07, 6.45) is 0.872. The van der Waals surface area contributed by atoms with Crippen molar-refractivity contribution in [2.75, 3.05) is 25.0 Å². The van der Waals surface area contributed by atoms with E-state index in [9.17, 15) is 14.0 Å². The number of halogens is 2. The average molecular weight is 387 g/mol. The molecule has 2 N–H and O–H groups in total. The summed E-state index contributed by atoms with van der Waals surface area (Å²) < 4.78 is 14.3. The van der Waals surface area contributed by atoms with Crippen molar-refractivity contribution in [2.24, 2.45) is 11.8 Å². The van der Waals surface area contributed by atoms with Gasteiger partial charge in [-0.3, -0.25) is 9.59 Å². The van der Waals surface area contributed by atoms with Gasteiger partial charge in [0, 0.05) is 30.5 Å². The van der Waals surface area contributed by atoms with E-state index < -0.39 is 11.8 Å². The van der Waals surface area contributed by atoms with Gasteiger partial charge in [0.05, 0.1) is 11.6 Å². The molecule has 0 spiro atoms. The molecule has 1 aromatic carbocycles. The quantitative estimate of drug-likeness (QED) is 0.815. The van der Waals surface area contributed by atoms with E-state index in [2.05, 4.69) is 21.2 Å². The summed E-state index contributed by atoms with van der Waals surface area (Å²) in [5, 5.41) is 11.7. The number of nitrogens with one attached hydrogen (secondary N) is 1. The van der Waals surface area contributed by atoms with Crippen molar-refractivity contribution in [3.63, 3.8) is 0 Å². The molecule has 1 aliphatic rings. The molecule has 23 heavy (non-hydrogen) atoms. The number of hydrogen-bond acceptors (Lipinski definition) is 3. The van der Waals surface area contributed by atoms with E-state index in [-0.39, 0.29) is 29.9 Å². The van der Waals surface area contributed by atoms with Crippen molar-refractivity contribution in [2.45, 2.75) is 19.8 Å². The number of likely N-dealkylation sites (tertiary alicyclic amines) is 1. The number of carbonyl (C=O) groups excluding carboxylic acids is 1. The Morgan fingerprint density at radius 2 is 2.17 bits per heavy atom. The molecule has 2 atom stereocenters. The van der Waals surface area contributed by atoms with Crippen LogP contribution in [-0.4, -0.2) is 41.5 Å². The number of benzene rings is 1. The summed E-state index contributed by atoms with van der Waals surface area (Å²) in [5.74, 6) is -1.66. The Kier molecular flexibility index (Phi) is 6.12. The van der Waals surface area contributed by atoms with E-state index in [0.29, 0.717) is 24.0 Å². The summed E-state index contributed by atoms with van der Waals surface area (Å²) in [6, 6.07) is 4.45. The smallest absolute Gasteiger partial charge is 0.307 e. The minimum absolute atomic E-state index is 0.147. The van der Waals surface area contributed by atoms with Gasteiger partial charge in [-0.1, -0.05) is 22.9 Å². The zero-order chi connectivity index (χ0) is 17.0. The van der Waals surface area contributed by atoms with Gasteiger partial charge in [-0.15, -0.1) is 0 Å². The topological polar surface area (TPSA) is 69.6 Å². The third kappa shape index (κ3) is 5.28. The van der Waals surface area contributed by atoms with Crippen molar-refractivity contribution >= 4 is 33.5 Å². The molecule has 0 aliphatic carbocycles. The predicted octanol–water partition coefficient (Wildman–Crippen LogP) is 2.96. The van der Waals surface area contributed by atoms with Gasteiger partial charge in [0.25, 0.3) is 0 Å². The Balaban J connectivity index is 1.85. The lowest BCUT2D eigenvalue weighted by atomic mass is 9.90. The second-order valence-corrected chi connectivity index (χ2v) is 6.97. The third-order valence-corrected chi connectivity index (χ3v) is 4.44. The van der Waals surface area contributed by atoms with Crippen LogP contribution in [0.5, 0.6) is 0 Å². The monoisotopic (exact) mass is 386 g/mol. The van der Waals surface area contributed by atoms with E-state index in [4.69, 9.17) is 5.11 Å². The molecule has 5 nitrogen and oxygen atoms in total. The fourth-order valence-electron chi connectivity index (χ4n) is 2.89. The van der Waals surface area contributed by atoms with Gasteiger partial charge in [-0.05, 0) is 30.5 Å². The molecule has 1 saturated heterocycles. The molecular formula is C16H20BrFN2O3. The highest BCUT2D eigenvalue weighted by Gasteiger charge is 2.29. The Labute approximate surface area is 143 Å². The van der Waals surface area contributed by atoms with Crippen molar-refractivity contribution in [3.05, 3.63) is 28.5 Å². The largest absolute Gasteiger partial charge is 0.481 e. The van der Waals surface area contributed by atoms with Crippen LogP contribution in [0.15, 0.2) is 22.7 Å². The lowest BCUT2D eigenvalue weighted by Crippen LogP contribution is -2.43. The minimum Gasteiger partial charge on any atom is -0.481 e. The highest BCUT2D eigenvalue weighted by Crippen LogP contribution is 2.22. The molecule has 0 bridgehead atoms. The zero-order valence-corrected chi connectivity index (χ0v) is 14.5. The number of carboxylic acids is 1. The number of carboxylic acid groups (broad SMARTS) is 1. The molecule has 0 saturated carbocycles. The number of nitrogens with zero attached hydrogens (tertiary/aromatic N) is 1. The molecule has 0 aromatic heterocycles. The SMILES string of the molecule is CC1CC(C(=O)O)CN(CCC(=O)Nc2ccc(Br)cc2F)C1. The van der Waals surface area contributed by atoms with Crippen molar-refractivity contribution < 1.29 is 19.1 Å². The Morgan fingerprint density at radius 1 is 1.43 bits per heavy atom. The second kappa shape index (κ2) is 7.88. The molecule has 126 valence electrons. The van der Waals surface area contributed by atoms with E-state index >= 15 is 0 Å². The summed E-state index contributed by atoms with van der Waals surface area (Å²) in [5.41, 5.74) is 0.147. The first kappa shape index (κ1) is 17.9. The summed E-state index contributed by atoms with van der Waals surface area (Å²) in [4.78, 5) is 25.1. The van der Waals surface area contributed by atoms with E-state index in [0.717, 1.165) is 6.54 Å². The number of amides is 1. The van der Waals surface area contributed by atoms with Crippen molar-refractivity contribution in [3.8, 4) is 0 Å². The van der Waals surface area contributed by atoms with Gasteiger partial charge in [0.1, 0.15) is 5.82 Å². The highest BCUT2D eigenvalue weighted by atomic mass is 79.9. The van der Waals surface area contributed by atoms with Gasteiger partial charge in [0.2, 0.25) is 5.91 Å². The highest BCUT2D eigenvalue weighted by molar-refractivity contribution is 9.10. The number of hydrogen-bond donors (Lipinski definition) is 2. The molecule has 1 aromatic rings. The van der Waals surface area contributed by atoms with Gasteiger partial charge < -0.3 is 15.3 Å². The summed E-state index contributed by atoms with van der Waals surface area (Å²) in [7, 11) is 0. The number of aliphatic carboxylic acids is 1. The first-order valence-electron chi connectivity index (χ1n) is 7.55.